The number of carboxylic acid groups (broad SMARTS) is 1. The first-order valence-electron chi connectivity index (χ1n) is 6.05. The summed E-state index contributed by atoms with van der Waals surface area (Å²) in [5, 5.41) is 9.00. The van der Waals surface area contributed by atoms with Crippen molar-refractivity contribution >= 4 is 5.97 Å². The largest absolute Gasteiger partial charge is 0.493 e. The van der Waals surface area contributed by atoms with Crippen molar-refractivity contribution in [3.8, 4) is 5.75 Å². The topological polar surface area (TPSA) is 46.5 Å². The van der Waals surface area contributed by atoms with Crippen LogP contribution in [0.1, 0.15) is 42.6 Å². The predicted octanol–water partition coefficient (Wildman–Crippen LogP) is 3.51. The van der Waals surface area contributed by atoms with Gasteiger partial charge in [-0.05, 0) is 25.0 Å². The molecule has 0 saturated heterocycles. The van der Waals surface area contributed by atoms with Crippen LogP contribution in [0.15, 0.2) is 18.2 Å². The number of ether oxygens (including phenoxy) is 1. The van der Waals surface area contributed by atoms with Crippen molar-refractivity contribution in [3.63, 3.8) is 0 Å². The van der Waals surface area contributed by atoms with Gasteiger partial charge in [-0.1, -0.05) is 32.8 Å². The van der Waals surface area contributed by atoms with Crippen LogP contribution in [0.25, 0.3) is 0 Å². The van der Waals surface area contributed by atoms with Crippen LogP contribution in [-0.2, 0) is 0 Å². The summed E-state index contributed by atoms with van der Waals surface area (Å²) in [6.07, 6.45) is 2.16. The highest BCUT2D eigenvalue weighted by molar-refractivity contribution is 5.90. The number of hydrogen-bond donors (Lipinski definition) is 1. The van der Waals surface area contributed by atoms with Crippen LogP contribution in [0, 0.1) is 12.8 Å². The van der Waals surface area contributed by atoms with E-state index in [2.05, 4.69) is 13.8 Å². The standard InChI is InChI=1S/C14H20O3/c1-4-11(5-2)9-17-13-8-6-7-12(10(13)3)14(15)16/h6-8,11H,4-5,9H2,1-3H3,(H,15,16). The number of carbonyl (C=O) groups is 1. The van der Waals surface area contributed by atoms with Crippen LogP contribution in [0.2, 0.25) is 0 Å². The van der Waals surface area contributed by atoms with Crippen LogP contribution in [0.5, 0.6) is 5.75 Å². The van der Waals surface area contributed by atoms with Crippen LogP contribution in [-0.4, -0.2) is 17.7 Å². The molecule has 1 rings (SSSR count). The highest BCUT2D eigenvalue weighted by atomic mass is 16.5. The lowest BCUT2D eigenvalue weighted by atomic mass is 10.0. The van der Waals surface area contributed by atoms with E-state index in [1.54, 1.807) is 19.1 Å². The molecule has 0 saturated carbocycles. The average Bonchev–Trinajstić information content (AvgIpc) is 2.32. The van der Waals surface area contributed by atoms with E-state index < -0.39 is 5.97 Å². The van der Waals surface area contributed by atoms with Crippen LogP contribution in [0.4, 0.5) is 0 Å². The van der Waals surface area contributed by atoms with Gasteiger partial charge in [-0.2, -0.15) is 0 Å². The van der Waals surface area contributed by atoms with E-state index in [4.69, 9.17) is 9.84 Å². The zero-order valence-corrected chi connectivity index (χ0v) is 10.7. The zero-order chi connectivity index (χ0) is 12.8. The molecule has 1 N–H and O–H groups in total. The molecule has 0 unspecified atom stereocenters. The van der Waals surface area contributed by atoms with Crippen molar-refractivity contribution in [2.45, 2.75) is 33.6 Å². The lowest BCUT2D eigenvalue weighted by Crippen LogP contribution is -2.11. The minimum Gasteiger partial charge on any atom is -0.493 e. The molecule has 0 aliphatic carbocycles. The number of hydrogen-bond acceptors (Lipinski definition) is 2. The van der Waals surface area contributed by atoms with Gasteiger partial charge in [0.05, 0.1) is 12.2 Å². The first-order chi connectivity index (χ1) is 8.10. The van der Waals surface area contributed by atoms with Crippen molar-refractivity contribution < 1.29 is 14.6 Å². The monoisotopic (exact) mass is 236 g/mol. The van der Waals surface area contributed by atoms with E-state index >= 15 is 0 Å². The first kappa shape index (κ1) is 13.6. The average molecular weight is 236 g/mol. The Balaban J connectivity index is 2.78. The molecule has 0 atom stereocenters. The Labute approximate surface area is 102 Å². The molecular weight excluding hydrogens is 216 g/mol. The van der Waals surface area contributed by atoms with Crippen LogP contribution in [0.3, 0.4) is 0 Å². The van der Waals surface area contributed by atoms with Crippen molar-refractivity contribution in [1.82, 2.24) is 0 Å². The molecule has 94 valence electrons. The molecule has 0 aromatic heterocycles. The third-order valence-electron chi connectivity index (χ3n) is 3.14. The Morgan fingerprint density at radius 2 is 2.00 bits per heavy atom. The Kier molecular flexibility index (Phi) is 5.01. The Hall–Kier alpha value is -1.51. The van der Waals surface area contributed by atoms with Crippen molar-refractivity contribution in [2.24, 2.45) is 5.92 Å². The van der Waals surface area contributed by atoms with Gasteiger partial charge in [-0.15, -0.1) is 0 Å². The number of rotatable bonds is 6. The summed E-state index contributed by atoms with van der Waals surface area (Å²) >= 11 is 0. The fraction of sp³-hybridized carbons (Fsp3) is 0.500. The molecule has 0 amide bonds. The lowest BCUT2D eigenvalue weighted by molar-refractivity contribution is 0.0695. The number of aromatic carboxylic acids is 1. The van der Waals surface area contributed by atoms with Crippen LogP contribution >= 0.6 is 0 Å². The second kappa shape index (κ2) is 6.28. The molecule has 0 heterocycles. The summed E-state index contributed by atoms with van der Waals surface area (Å²) in [7, 11) is 0. The minimum absolute atomic E-state index is 0.312. The molecule has 0 aliphatic heterocycles. The normalized spacial score (nSPS) is 10.6. The summed E-state index contributed by atoms with van der Waals surface area (Å²) in [4.78, 5) is 11.0. The Morgan fingerprint density at radius 3 is 2.53 bits per heavy atom. The maximum absolute atomic E-state index is 11.0. The van der Waals surface area contributed by atoms with Gasteiger partial charge in [-0.3, -0.25) is 0 Å². The van der Waals surface area contributed by atoms with Crippen molar-refractivity contribution in [1.29, 1.82) is 0 Å². The summed E-state index contributed by atoms with van der Waals surface area (Å²) in [5.41, 5.74) is 1.01. The minimum atomic E-state index is -0.907. The Bertz CT molecular complexity index is 381. The van der Waals surface area contributed by atoms with Gasteiger partial charge < -0.3 is 9.84 Å². The van der Waals surface area contributed by atoms with Gasteiger partial charge in [0.25, 0.3) is 0 Å². The molecule has 0 spiro atoms. The quantitative estimate of drug-likeness (QED) is 0.822. The molecular formula is C14H20O3. The van der Waals surface area contributed by atoms with Gasteiger partial charge in [-0.25, -0.2) is 4.79 Å². The highest BCUT2D eigenvalue weighted by Gasteiger charge is 2.12. The second-order valence-corrected chi connectivity index (χ2v) is 4.23. The molecule has 0 fully saturated rings. The third-order valence-corrected chi connectivity index (χ3v) is 3.14. The fourth-order valence-electron chi connectivity index (χ4n) is 1.73. The fourth-order valence-corrected chi connectivity index (χ4v) is 1.73. The second-order valence-electron chi connectivity index (χ2n) is 4.23. The van der Waals surface area contributed by atoms with E-state index in [0.717, 1.165) is 12.8 Å². The van der Waals surface area contributed by atoms with Gasteiger partial charge in [0.15, 0.2) is 0 Å². The number of benzene rings is 1. The Morgan fingerprint density at radius 1 is 1.35 bits per heavy atom. The molecule has 3 nitrogen and oxygen atoms in total. The van der Waals surface area contributed by atoms with E-state index in [9.17, 15) is 4.79 Å². The summed E-state index contributed by atoms with van der Waals surface area (Å²) < 4.78 is 5.71. The van der Waals surface area contributed by atoms with Gasteiger partial charge in [0.2, 0.25) is 0 Å². The van der Waals surface area contributed by atoms with Gasteiger partial charge in [0, 0.05) is 5.56 Å². The summed E-state index contributed by atoms with van der Waals surface area (Å²) in [5.74, 6) is 0.301. The van der Waals surface area contributed by atoms with Crippen LogP contribution < -0.4 is 4.74 Å². The van der Waals surface area contributed by atoms with E-state index in [-0.39, 0.29) is 0 Å². The molecule has 1 aromatic carbocycles. The molecule has 17 heavy (non-hydrogen) atoms. The lowest BCUT2D eigenvalue weighted by Gasteiger charge is -2.15. The predicted molar refractivity (Wildman–Crippen MR) is 67.7 cm³/mol. The molecule has 3 heteroatoms. The maximum Gasteiger partial charge on any atom is 0.336 e. The summed E-state index contributed by atoms with van der Waals surface area (Å²) in [6, 6.07) is 5.14. The first-order valence-corrected chi connectivity index (χ1v) is 6.05. The maximum atomic E-state index is 11.0. The van der Waals surface area contributed by atoms with Crippen molar-refractivity contribution in [3.05, 3.63) is 29.3 Å². The van der Waals surface area contributed by atoms with Crippen molar-refractivity contribution in [2.75, 3.05) is 6.61 Å². The summed E-state index contributed by atoms with van der Waals surface area (Å²) in [6.45, 7) is 6.71. The van der Waals surface area contributed by atoms with E-state index in [0.29, 0.717) is 29.4 Å². The molecule has 1 aromatic rings. The number of carboxylic acids is 1. The zero-order valence-electron chi connectivity index (χ0n) is 10.7. The smallest absolute Gasteiger partial charge is 0.336 e. The molecule has 0 radical (unpaired) electrons. The van der Waals surface area contributed by atoms with Gasteiger partial charge in [0.1, 0.15) is 5.75 Å². The van der Waals surface area contributed by atoms with E-state index in [1.165, 1.54) is 0 Å². The van der Waals surface area contributed by atoms with E-state index in [1.807, 2.05) is 6.07 Å². The highest BCUT2D eigenvalue weighted by Crippen LogP contribution is 2.22. The third kappa shape index (κ3) is 3.48. The SMILES string of the molecule is CCC(CC)COc1cccc(C(=O)O)c1C. The van der Waals surface area contributed by atoms with Gasteiger partial charge >= 0.3 is 5.97 Å². The molecule has 0 bridgehead atoms. The molecule has 0 aliphatic rings.